The molecule has 0 fully saturated rings. The highest BCUT2D eigenvalue weighted by Crippen LogP contribution is 2.48. The van der Waals surface area contributed by atoms with Gasteiger partial charge in [-0.05, 0) is 23.1 Å². The Balaban J connectivity index is 1.66. The van der Waals surface area contributed by atoms with Gasteiger partial charge in [0.15, 0.2) is 0 Å². The van der Waals surface area contributed by atoms with E-state index in [1.807, 2.05) is 18.2 Å². The number of amides is 1. The minimum absolute atomic E-state index is 0.183. The van der Waals surface area contributed by atoms with Crippen LogP contribution in [-0.4, -0.2) is 40.0 Å². The first-order chi connectivity index (χ1) is 15.6. The fraction of sp³-hybridized carbons (Fsp3) is 0.192. The summed E-state index contributed by atoms with van der Waals surface area (Å²) in [6.07, 6.45) is 0.795. The van der Waals surface area contributed by atoms with E-state index in [1.165, 1.54) is 16.7 Å². The molecule has 0 bridgehead atoms. The molecule has 1 aliphatic heterocycles. The standard InChI is InChI=1S/C26H24N2O3S/c29-24-18-23(27-28(24)19-25(30)31)16-17-32-26(20-10-4-1-5-11-20,21-12-6-2-7-13-21)22-14-8-3-9-15-22/h1-15H,16-19H2,(H,30,31). The third kappa shape index (κ3) is 4.60. The van der Waals surface area contributed by atoms with E-state index in [0.29, 0.717) is 6.42 Å². The zero-order valence-corrected chi connectivity index (χ0v) is 18.4. The molecule has 3 aromatic rings. The van der Waals surface area contributed by atoms with Crippen molar-refractivity contribution in [1.29, 1.82) is 0 Å². The Morgan fingerprint density at radius 3 is 1.78 bits per heavy atom. The summed E-state index contributed by atoms with van der Waals surface area (Å²) in [5.41, 5.74) is 4.27. The maximum absolute atomic E-state index is 12.1. The fourth-order valence-electron chi connectivity index (χ4n) is 4.01. The predicted octanol–water partition coefficient (Wildman–Crippen LogP) is 4.77. The molecule has 1 aliphatic rings. The summed E-state index contributed by atoms with van der Waals surface area (Å²) >= 11 is 1.80. The largest absolute Gasteiger partial charge is 0.480 e. The monoisotopic (exact) mass is 444 g/mol. The molecule has 0 spiro atoms. The average molecular weight is 445 g/mol. The highest BCUT2D eigenvalue weighted by molar-refractivity contribution is 8.00. The fourth-order valence-corrected chi connectivity index (χ4v) is 5.56. The molecule has 0 saturated heterocycles. The molecule has 32 heavy (non-hydrogen) atoms. The molecular formula is C26H24N2O3S. The molecule has 1 N–H and O–H groups in total. The maximum Gasteiger partial charge on any atom is 0.325 e. The van der Waals surface area contributed by atoms with Gasteiger partial charge in [0, 0.05) is 11.5 Å². The Labute approximate surface area is 191 Å². The zero-order valence-electron chi connectivity index (χ0n) is 17.6. The number of nitrogens with zero attached hydrogens (tertiary/aromatic N) is 2. The van der Waals surface area contributed by atoms with Crippen LogP contribution >= 0.6 is 11.8 Å². The van der Waals surface area contributed by atoms with Gasteiger partial charge in [0.2, 0.25) is 5.91 Å². The van der Waals surface area contributed by atoms with Gasteiger partial charge in [-0.1, -0.05) is 91.0 Å². The summed E-state index contributed by atoms with van der Waals surface area (Å²) in [6.45, 7) is -0.391. The molecule has 3 aromatic carbocycles. The predicted molar refractivity (Wildman–Crippen MR) is 128 cm³/mol. The summed E-state index contributed by atoms with van der Waals surface area (Å²) in [4.78, 5) is 23.0. The molecule has 162 valence electrons. The number of carbonyl (C=O) groups excluding carboxylic acids is 1. The number of aliphatic carboxylic acids is 1. The van der Waals surface area contributed by atoms with Crippen molar-refractivity contribution in [1.82, 2.24) is 5.01 Å². The van der Waals surface area contributed by atoms with Crippen LogP contribution in [0.5, 0.6) is 0 Å². The first kappa shape index (κ1) is 21.8. The van der Waals surface area contributed by atoms with Crippen LogP contribution in [0.3, 0.4) is 0 Å². The van der Waals surface area contributed by atoms with Crippen LogP contribution in [0.4, 0.5) is 0 Å². The van der Waals surface area contributed by atoms with Gasteiger partial charge < -0.3 is 5.11 Å². The van der Waals surface area contributed by atoms with E-state index in [2.05, 4.69) is 77.9 Å². The molecule has 0 unspecified atom stereocenters. The van der Waals surface area contributed by atoms with Crippen LogP contribution in [0.2, 0.25) is 0 Å². The second-order valence-electron chi connectivity index (χ2n) is 7.57. The number of benzene rings is 3. The molecule has 5 nitrogen and oxygen atoms in total. The molecule has 1 amide bonds. The van der Waals surface area contributed by atoms with Crippen LogP contribution in [-0.2, 0) is 14.3 Å². The van der Waals surface area contributed by atoms with Gasteiger partial charge in [-0.25, -0.2) is 5.01 Å². The molecule has 0 aromatic heterocycles. The van der Waals surface area contributed by atoms with Gasteiger partial charge in [0.25, 0.3) is 0 Å². The molecule has 0 aliphatic carbocycles. The smallest absolute Gasteiger partial charge is 0.325 e. The lowest BCUT2D eigenvalue weighted by molar-refractivity contribution is -0.143. The van der Waals surface area contributed by atoms with Crippen molar-refractivity contribution < 1.29 is 14.7 Å². The number of hydrogen-bond donors (Lipinski definition) is 1. The first-order valence-corrected chi connectivity index (χ1v) is 11.5. The second kappa shape index (κ2) is 9.83. The number of carbonyl (C=O) groups is 2. The van der Waals surface area contributed by atoms with Crippen molar-refractivity contribution in [2.75, 3.05) is 12.3 Å². The summed E-state index contributed by atoms with van der Waals surface area (Å²) in [5, 5.41) is 14.3. The Bertz CT molecular complexity index is 1010. The molecule has 4 rings (SSSR count). The van der Waals surface area contributed by atoms with E-state index >= 15 is 0 Å². The van der Waals surface area contributed by atoms with Gasteiger partial charge in [-0.2, -0.15) is 5.10 Å². The summed E-state index contributed by atoms with van der Waals surface area (Å²) < 4.78 is -0.423. The lowest BCUT2D eigenvalue weighted by Crippen LogP contribution is -2.27. The number of thioether (sulfide) groups is 1. The van der Waals surface area contributed by atoms with Crippen molar-refractivity contribution in [2.45, 2.75) is 17.6 Å². The molecular weight excluding hydrogens is 420 g/mol. The van der Waals surface area contributed by atoms with E-state index in [1.54, 1.807) is 11.8 Å². The first-order valence-electron chi connectivity index (χ1n) is 10.5. The topological polar surface area (TPSA) is 70.0 Å². The molecule has 0 radical (unpaired) electrons. The maximum atomic E-state index is 12.1. The highest BCUT2D eigenvalue weighted by Gasteiger charge is 2.37. The van der Waals surface area contributed by atoms with Gasteiger partial charge in [0.1, 0.15) is 6.54 Å². The number of carboxylic acid groups (broad SMARTS) is 1. The zero-order chi connectivity index (χ0) is 22.4. The van der Waals surface area contributed by atoms with E-state index < -0.39 is 17.3 Å². The molecule has 1 heterocycles. The molecule has 0 atom stereocenters. The van der Waals surface area contributed by atoms with Crippen LogP contribution in [0.15, 0.2) is 96.1 Å². The third-order valence-electron chi connectivity index (χ3n) is 5.44. The normalized spacial score (nSPS) is 13.8. The minimum atomic E-state index is -1.06. The van der Waals surface area contributed by atoms with Gasteiger partial charge in [-0.15, -0.1) is 11.8 Å². The number of hydrazone groups is 1. The van der Waals surface area contributed by atoms with Crippen molar-refractivity contribution in [2.24, 2.45) is 5.10 Å². The number of hydrogen-bond acceptors (Lipinski definition) is 4. The molecule has 0 saturated carbocycles. The van der Waals surface area contributed by atoms with Crippen LogP contribution in [0.1, 0.15) is 29.5 Å². The SMILES string of the molecule is O=C(O)CN1N=C(CCSC(c2ccccc2)(c2ccccc2)c2ccccc2)CC1=O. The molecule has 6 heteroatoms. The highest BCUT2D eigenvalue weighted by atomic mass is 32.2. The second-order valence-corrected chi connectivity index (χ2v) is 8.88. The number of rotatable bonds is 9. The van der Waals surface area contributed by atoms with Gasteiger partial charge in [-0.3, -0.25) is 9.59 Å². The van der Waals surface area contributed by atoms with Gasteiger partial charge >= 0.3 is 5.97 Å². The van der Waals surface area contributed by atoms with E-state index in [-0.39, 0.29) is 12.3 Å². The Hall–Kier alpha value is -3.38. The van der Waals surface area contributed by atoms with Crippen molar-refractivity contribution in [3.05, 3.63) is 108 Å². The van der Waals surface area contributed by atoms with Crippen molar-refractivity contribution >= 4 is 29.4 Å². The lowest BCUT2D eigenvalue weighted by atomic mass is 9.84. The Morgan fingerprint density at radius 1 is 0.875 bits per heavy atom. The van der Waals surface area contributed by atoms with Crippen LogP contribution in [0, 0.1) is 0 Å². The van der Waals surface area contributed by atoms with E-state index in [4.69, 9.17) is 5.11 Å². The van der Waals surface area contributed by atoms with Crippen molar-refractivity contribution in [3.63, 3.8) is 0 Å². The number of carboxylic acids is 1. The quantitative estimate of drug-likeness (QED) is 0.483. The van der Waals surface area contributed by atoms with E-state index in [0.717, 1.165) is 16.5 Å². The minimum Gasteiger partial charge on any atom is -0.480 e. The summed E-state index contributed by atoms with van der Waals surface area (Å²) in [6, 6.07) is 31.3. The summed E-state index contributed by atoms with van der Waals surface area (Å²) in [5.74, 6) is -0.590. The van der Waals surface area contributed by atoms with Crippen molar-refractivity contribution in [3.8, 4) is 0 Å². The van der Waals surface area contributed by atoms with Gasteiger partial charge in [0.05, 0.1) is 11.2 Å². The van der Waals surface area contributed by atoms with Crippen LogP contribution in [0.25, 0.3) is 0 Å². The average Bonchev–Trinajstić information content (AvgIpc) is 3.17. The Kier molecular flexibility index (Phi) is 6.71. The van der Waals surface area contributed by atoms with E-state index in [9.17, 15) is 9.59 Å². The summed E-state index contributed by atoms with van der Waals surface area (Å²) in [7, 11) is 0. The third-order valence-corrected chi connectivity index (χ3v) is 6.99. The van der Waals surface area contributed by atoms with Crippen LogP contribution < -0.4 is 0 Å². The Morgan fingerprint density at radius 2 is 1.34 bits per heavy atom. The lowest BCUT2D eigenvalue weighted by Gasteiger charge is -2.35.